The smallest absolute Gasteiger partial charge is 0.328 e. The van der Waals surface area contributed by atoms with Crippen LogP contribution in [0, 0.1) is 13.8 Å². The van der Waals surface area contributed by atoms with Gasteiger partial charge in [-0.2, -0.15) is 0 Å². The standard InChI is InChI=1S/C20H22N2O3S/c1-5-8-25-20(24)14(4)22-11-21-18-17(19(22)23)16(10-26-18)15-7-6-12(2)13(3)9-15/h6-7,9-11,14H,5,8H2,1-4H3/t14-/m1/s1. The number of aromatic nitrogens is 2. The van der Waals surface area contributed by atoms with Crippen LogP contribution in [0.1, 0.15) is 37.4 Å². The first-order valence-corrected chi connectivity index (χ1v) is 9.54. The van der Waals surface area contributed by atoms with Crippen LogP contribution in [0.5, 0.6) is 0 Å². The van der Waals surface area contributed by atoms with Gasteiger partial charge < -0.3 is 4.74 Å². The van der Waals surface area contributed by atoms with Crippen molar-refractivity contribution in [3.63, 3.8) is 0 Å². The summed E-state index contributed by atoms with van der Waals surface area (Å²) in [5, 5.41) is 2.50. The Morgan fingerprint density at radius 3 is 2.77 bits per heavy atom. The number of hydrogen-bond donors (Lipinski definition) is 0. The fraction of sp³-hybridized carbons (Fsp3) is 0.350. The monoisotopic (exact) mass is 370 g/mol. The van der Waals surface area contributed by atoms with Crippen molar-refractivity contribution in [2.75, 3.05) is 6.61 Å². The van der Waals surface area contributed by atoms with Crippen LogP contribution >= 0.6 is 11.3 Å². The molecule has 0 N–H and O–H groups in total. The van der Waals surface area contributed by atoms with Crippen LogP contribution in [0.3, 0.4) is 0 Å². The molecule has 3 rings (SSSR count). The van der Waals surface area contributed by atoms with E-state index in [9.17, 15) is 9.59 Å². The van der Waals surface area contributed by atoms with Gasteiger partial charge in [0.2, 0.25) is 0 Å². The highest BCUT2D eigenvalue weighted by molar-refractivity contribution is 7.17. The van der Waals surface area contributed by atoms with Crippen molar-refractivity contribution >= 4 is 27.5 Å². The van der Waals surface area contributed by atoms with E-state index in [1.165, 1.54) is 33.4 Å². The summed E-state index contributed by atoms with van der Waals surface area (Å²) in [6.07, 6.45) is 2.18. The Kier molecular flexibility index (Phi) is 5.23. The number of thiophene rings is 1. The first-order chi connectivity index (χ1) is 12.4. The lowest BCUT2D eigenvalue weighted by Gasteiger charge is -2.14. The molecule has 0 aliphatic carbocycles. The van der Waals surface area contributed by atoms with Crippen molar-refractivity contribution in [2.45, 2.75) is 40.2 Å². The summed E-state index contributed by atoms with van der Waals surface area (Å²) in [5.41, 5.74) is 4.00. The van der Waals surface area contributed by atoms with E-state index >= 15 is 0 Å². The molecule has 0 saturated heterocycles. The molecule has 136 valence electrons. The third-order valence-corrected chi connectivity index (χ3v) is 5.43. The van der Waals surface area contributed by atoms with E-state index in [1.54, 1.807) is 6.92 Å². The van der Waals surface area contributed by atoms with E-state index in [4.69, 9.17) is 4.74 Å². The van der Waals surface area contributed by atoms with Crippen LogP contribution in [0.4, 0.5) is 0 Å². The summed E-state index contributed by atoms with van der Waals surface area (Å²) in [5.74, 6) is -0.418. The third kappa shape index (κ3) is 3.29. The molecule has 1 aromatic carbocycles. The van der Waals surface area contributed by atoms with E-state index in [2.05, 4.69) is 24.9 Å². The molecule has 0 bridgehead atoms. The van der Waals surface area contributed by atoms with Gasteiger partial charge in [-0.15, -0.1) is 11.3 Å². The number of aryl methyl sites for hydroxylation is 2. The Hall–Kier alpha value is -2.47. The summed E-state index contributed by atoms with van der Waals surface area (Å²) in [4.78, 5) is 30.3. The number of fused-ring (bicyclic) bond motifs is 1. The number of esters is 1. The molecular weight excluding hydrogens is 348 g/mol. The quantitative estimate of drug-likeness (QED) is 0.630. The molecule has 2 heterocycles. The molecule has 0 aliphatic rings. The van der Waals surface area contributed by atoms with E-state index in [1.807, 2.05) is 24.4 Å². The third-order valence-electron chi connectivity index (χ3n) is 4.54. The van der Waals surface area contributed by atoms with Crippen LogP contribution in [-0.4, -0.2) is 22.1 Å². The maximum Gasteiger partial charge on any atom is 0.328 e. The topological polar surface area (TPSA) is 61.2 Å². The van der Waals surface area contributed by atoms with Gasteiger partial charge in [-0.25, -0.2) is 9.78 Å². The average Bonchev–Trinajstić information content (AvgIpc) is 3.06. The Labute approximate surface area is 156 Å². The molecule has 0 radical (unpaired) electrons. The summed E-state index contributed by atoms with van der Waals surface area (Å²) < 4.78 is 6.53. The molecule has 26 heavy (non-hydrogen) atoms. The second-order valence-corrected chi connectivity index (χ2v) is 7.29. The maximum absolute atomic E-state index is 13.1. The second-order valence-electron chi connectivity index (χ2n) is 6.43. The normalized spacial score (nSPS) is 12.3. The van der Waals surface area contributed by atoms with E-state index in [-0.39, 0.29) is 5.56 Å². The van der Waals surface area contributed by atoms with Gasteiger partial charge in [-0.3, -0.25) is 9.36 Å². The summed E-state index contributed by atoms with van der Waals surface area (Å²) in [6.45, 7) is 8.05. The van der Waals surface area contributed by atoms with Crippen LogP contribution in [0.2, 0.25) is 0 Å². The van der Waals surface area contributed by atoms with Gasteiger partial charge in [0, 0.05) is 10.9 Å². The molecule has 3 aromatic rings. The largest absolute Gasteiger partial charge is 0.464 e. The van der Waals surface area contributed by atoms with Crippen molar-refractivity contribution in [1.82, 2.24) is 9.55 Å². The van der Waals surface area contributed by atoms with E-state index < -0.39 is 12.0 Å². The Morgan fingerprint density at radius 1 is 1.31 bits per heavy atom. The minimum atomic E-state index is -0.710. The number of rotatable bonds is 5. The van der Waals surface area contributed by atoms with Crippen molar-refractivity contribution in [1.29, 1.82) is 0 Å². The predicted octanol–water partition coefficient (Wildman–Crippen LogP) is 4.26. The summed E-state index contributed by atoms with van der Waals surface area (Å²) in [7, 11) is 0. The highest BCUT2D eigenvalue weighted by atomic mass is 32.1. The maximum atomic E-state index is 13.1. The number of hydrogen-bond acceptors (Lipinski definition) is 5. The molecule has 1 atom stereocenters. The Balaban J connectivity index is 2.10. The lowest BCUT2D eigenvalue weighted by molar-refractivity contribution is -0.147. The summed E-state index contributed by atoms with van der Waals surface area (Å²) in [6, 6.07) is 5.43. The zero-order valence-electron chi connectivity index (χ0n) is 15.4. The number of benzene rings is 1. The van der Waals surface area contributed by atoms with Crippen LogP contribution in [-0.2, 0) is 9.53 Å². The van der Waals surface area contributed by atoms with Crippen molar-refractivity contribution < 1.29 is 9.53 Å². The first kappa shape index (κ1) is 18.3. The van der Waals surface area contributed by atoms with Gasteiger partial charge in [0.1, 0.15) is 10.9 Å². The lowest BCUT2D eigenvalue weighted by atomic mass is 10.0. The van der Waals surface area contributed by atoms with Gasteiger partial charge in [-0.05, 0) is 43.9 Å². The number of carbonyl (C=O) groups excluding carboxylic acids is 1. The minimum absolute atomic E-state index is 0.217. The van der Waals surface area contributed by atoms with Gasteiger partial charge >= 0.3 is 5.97 Å². The molecule has 0 unspecified atom stereocenters. The highest BCUT2D eigenvalue weighted by Crippen LogP contribution is 2.31. The molecule has 6 heteroatoms. The molecule has 2 aromatic heterocycles. The van der Waals surface area contributed by atoms with Gasteiger partial charge in [-0.1, -0.05) is 25.1 Å². The zero-order valence-corrected chi connectivity index (χ0v) is 16.2. The van der Waals surface area contributed by atoms with Crippen LogP contribution in [0.25, 0.3) is 21.3 Å². The Bertz CT molecular complexity index is 1020. The average molecular weight is 370 g/mol. The number of carbonyl (C=O) groups is 1. The van der Waals surface area contributed by atoms with E-state index in [0.717, 1.165) is 17.5 Å². The lowest BCUT2D eigenvalue weighted by Crippen LogP contribution is -2.29. The molecule has 0 aliphatic heterocycles. The highest BCUT2D eigenvalue weighted by Gasteiger charge is 2.21. The molecule has 5 nitrogen and oxygen atoms in total. The van der Waals surface area contributed by atoms with Gasteiger partial charge in [0.25, 0.3) is 5.56 Å². The molecule has 0 amide bonds. The number of ether oxygens (including phenoxy) is 1. The summed E-state index contributed by atoms with van der Waals surface area (Å²) >= 11 is 1.44. The SMILES string of the molecule is CCCOC(=O)[C@@H](C)n1cnc2scc(-c3ccc(C)c(C)c3)c2c1=O. The first-order valence-electron chi connectivity index (χ1n) is 8.66. The van der Waals surface area contributed by atoms with Crippen LogP contribution in [0.15, 0.2) is 34.7 Å². The number of nitrogens with zero attached hydrogens (tertiary/aromatic N) is 2. The molecule has 0 spiro atoms. The predicted molar refractivity (Wildman–Crippen MR) is 105 cm³/mol. The Morgan fingerprint density at radius 2 is 2.08 bits per heavy atom. The molecule has 0 saturated carbocycles. The van der Waals surface area contributed by atoms with Crippen LogP contribution < -0.4 is 5.56 Å². The zero-order chi connectivity index (χ0) is 18.8. The molecule has 0 fully saturated rings. The van der Waals surface area contributed by atoms with E-state index in [0.29, 0.717) is 16.8 Å². The van der Waals surface area contributed by atoms with Gasteiger partial charge in [0.15, 0.2) is 0 Å². The minimum Gasteiger partial charge on any atom is -0.464 e. The fourth-order valence-electron chi connectivity index (χ4n) is 2.78. The van der Waals surface area contributed by atoms with Crippen molar-refractivity contribution in [3.05, 3.63) is 51.4 Å². The second kappa shape index (κ2) is 7.41. The van der Waals surface area contributed by atoms with Crippen molar-refractivity contribution in [2.24, 2.45) is 0 Å². The molecular formula is C20H22N2O3S. The van der Waals surface area contributed by atoms with Crippen molar-refractivity contribution in [3.8, 4) is 11.1 Å². The van der Waals surface area contributed by atoms with Gasteiger partial charge in [0.05, 0.1) is 18.3 Å². The fourth-order valence-corrected chi connectivity index (χ4v) is 3.69.